The Balaban J connectivity index is 1.36. The third-order valence-corrected chi connectivity index (χ3v) is 6.78. The molecule has 5 nitrogen and oxygen atoms in total. The third kappa shape index (κ3) is 4.89. The second kappa shape index (κ2) is 9.12. The molecule has 1 amide bonds. The maximum absolute atomic E-state index is 13.0. The van der Waals surface area contributed by atoms with Gasteiger partial charge < -0.3 is 5.32 Å². The number of hydrogen-bond donors (Lipinski definition) is 1. The molecule has 1 N–H and O–H groups in total. The predicted molar refractivity (Wildman–Crippen MR) is 116 cm³/mol. The zero-order valence-corrected chi connectivity index (χ0v) is 17.8. The molecule has 4 rings (SSSR count). The van der Waals surface area contributed by atoms with Gasteiger partial charge in [0.25, 0.3) is 0 Å². The van der Waals surface area contributed by atoms with Crippen LogP contribution >= 0.6 is 0 Å². The van der Waals surface area contributed by atoms with Crippen LogP contribution in [0.25, 0.3) is 0 Å². The van der Waals surface area contributed by atoms with Crippen LogP contribution < -0.4 is 5.32 Å². The number of nitrogens with one attached hydrogen (secondary N) is 1. The molecule has 1 aliphatic heterocycles. The fraction of sp³-hybridized carbons (Fsp3) is 0.583. The summed E-state index contributed by atoms with van der Waals surface area (Å²) in [4.78, 5) is 15.4. The number of hydrogen-bond acceptors (Lipinski definition) is 3. The fourth-order valence-electron chi connectivity index (χ4n) is 5.00. The van der Waals surface area contributed by atoms with Gasteiger partial charge >= 0.3 is 0 Å². The Morgan fingerprint density at radius 2 is 1.93 bits per heavy atom. The van der Waals surface area contributed by atoms with Crippen LogP contribution in [0.3, 0.4) is 0 Å². The van der Waals surface area contributed by atoms with Gasteiger partial charge in [0, 0.05) is 31.6 Å². The predicted octanol–water partition coefficient (Wildman–Crippen LogP) is 4.69. The van der Waals surface area contributed by atoms with E-state index in [0.29, 0.717) is 11.7 Å². The van der Waals surface area contributed by atoms with Crippen molar-refractivity contribution in [2.45, 2.75) is 65.6 Å². The van der Waals surface area contributed by atoms with Gasteiger partial charge in [0.2, 0.25) is 5.91 Å². The SMILES string of the molecule is CCC(C(=O)Nc1cc2n(n1)CCN(Cc1ccccc1)C2)C1CCC(C)CC1. The molecule has 2 heterocycles. The average Bonchev–Trinajstić information content (AvgIpc) is 3.12. The first-order valence-corrected chi connectivity index (χ1v) is 11.3. The average molecular weight is 395 g/mol. The molecule has 156 valence electrons. The summed E-state index contributed by atoms with van der Waals surface area (Å²) in [5.74, 6) is 2.31. The summed E-state index contributed by atoms with van der Waals surface area (Å²) in [5.41, 5.74) is 2.52. The molecule has 1 fully saturated rings. The van der Waals surface area contributed by atoms with Crippen molar-refractivity contribution in [2.75, 3.05) is 11.9 Å². The van der Waals surface area contributed by atoms with Crippen molar-refractivity contribution in [3.8, 4) is 0 Å². The van der Waals surface area contributed by atoms with Crippen LogP contribution in [0.1, 0.15) is 57.2 Å². The lowest BCUT2D eigenvalue weighted by molar-refractivity contribution is -0.122. The molecular weight excluding hydrogens is 360 g/mol. The molecule has 5 heteroatoms. The molecule has 1 aromatic carbocycles. The highest BCUT2D eigenvalue weighted by Crippen LogP contribution is 2.35. The smallest absolute Gasteiger partial charge is 0.228 e. The van der Waals surface area contributed by atoms with E-state index in [1.54, 1.807) is 0 Å². The van der Waals surface area contributed by atoms with Gasteiger partial charge in [-0.1, -0.05) is 57.0 Å². The largest absolute Gasteiger partial charge is 0.309 e. The van der Waals surface area contributed by atoms with Crippen LogP contribution in [0.5, 0.6) is 0 Å². The second-order valence-electron chi connectivity index (χ2n) is 8.96. The molecular formula is C24H34N4O. The van der Waals surface area contributed by atoms with E-state index in [9.17, 15) is 4.79 Å². The standard InChI is InChI=1S/C24H34N4O/c1-3-22(20-11-9-18(2)10-12-20)24(29)25-23-15-21-17-27(13-14-28(21)26-23)16-19-7-5-4-6-8-19/h4-8,15,18,20,22H,3,9-14,16-17H2,1-2H3,(H,25,26,29). The van der Waals surface area contributed by atoms with Crippen molar-refractivity contribution in [1.82, 2.24) is 14.7 Å². The quantitative estimate of drug-likeness (QED) is 0.773. The number of carbonyl (C=O) groups excluding carboxylic acids is 1. The van der Waals surface area contributed by atoms with Crippen molar-refractivity contribution < 1.29 is 4.79 Å². The Bertz CT molecular complexity index is 808. The Morgan fingerprint density at radius 3 is 2.66 bits per heavy atom. The normalized spacial score (nSPS) is 23.4. The molecule has 1 aromatic heterocycles. The number of aromatic nitrogens is 2. The zero-order chi connectivity index (χ0) is 20.2. The van der Waals surface area contributed by atoms with E-state index in [1.807, 2.05) is 0 Å². The highest BCUT2D eigenvalue weighted by molar-refractivity contribution is 5.91. The minimum absolute atomic E-state index is 0.107. The van der Waals surface area contributed by atoms with Crippen LogP contribution in [0.4, 0.5) is 5.82 Å². The van der Waals surface area contributed by atoms with Gasteiger partial charge in [-0.15, -0.1) is 0 Å². The molecule has 29 heavy (non-hydrogen) atoms. The minimum Gasteiger partial charge on any atom is -0.309 e. The molecule has 1 atom stereocenters. The summed E-state index contributed by atoms with van der Waals surface area (Å²) >= 11 is 0. The van der Waals surface area contributed by atoms with Gasteiger partial charge in [-0.3, -0.25) is 14.4 Å². The molecule has 0 saturated heterocycles. The molecule has 0 radical (unpaired) electrons. The van der Waals surface area contributed by atoms with E-state index in [1.165, 1.54) is 36.9 Å². The molecule has 0 bridgehead atoms. The van der Waals surface area contributed by atoms with E-state index < -0.39 is 0 Å². The lowest BCUT2D eigenvalue weighted by Crippen LogP contribution is -2.33. The van der Waals surface area contributed by atoms with Crippen molar-refractivity contribution in [3.05, 3.63) is 47.7 Å². The van der Waals surface area contributed by atoms with Gasteiger partial charge in [-0.05, 0) is 36.7 Å². The molecule has 2 aliphatic rings. The molecule has 1 aliphatic carbocycles. The van der Waals surface area contributed by atoms with Gasteiger partial charge in [0.05, 0.1) is 12.2 Å². The maximum Gasteiger partial charge on any atom is 0.228 e. The first-order valence-electron chi connectivity index (χ1n) is 11.3. The third-order valence-electron chi connectivity index (χ3n) is 6.78. The van der Waals surface area contributed by atoms with Gasteiger partial charge in [-0.2, -0.15) is 5.10 Å². The van der Waals surface area contributed by atoms with Crippen LogP contribution in [-0.2, 0) is 24.4 Å². The zero-order valence-electron chi connectivity index (χ0n) is 17.8. The summed E-state index contributed by atoms with van der Waals surface area (Å²) in [7, 11) is 0. The summed E-state index contributed by atoms with van der Waals surface area (Å²) < 4.78 is 2.06. The van der Waals surface area contributed by atoms with Crippen LogP contribution in [0.2, 0.25) is 0 Å². The molecule has 1 saturated carbocycles. The number of anilines is 1. The summed E-state index contributed by atoms with van der Waals surface area (Å²) in [6.07, 6.45) is 5.78. The van der Waals surface area contributed by atoms with Crippen molar-refractivity contribution in [1.29, 1.82) is 0 Å². The first kappa shape index (κ1) is 20.1. The number of carbonyl (C=O) groups is 1. The van der Waals surface area contributed by atoms with Crippen LogP contribution in [0, 0.1) is 17.8 Å². The van der Waals surface area contributed by atoms with Crippen LogP contribution in [-0.4, -0.2) is 27.1 Å². The van der Waals surface area contributed by atoms with E-state index in [0.717, 1.165) is 38.5 Å². The Morgan fingerprint density at radius 1 is 1.17 bits per heavy atom. The molecule has 2 aromatic rings. The highest BCUT2D eigenvalue weighted by Gasteiger charge is 2.30. The Hall–Kier alpha value is -2.14. The van der Waals surface area contributed by atoms with Crippen LogP contribution in [0.15, 0.2) is 36.4 Å². The van der Waals surface area contributed by atoms with Gasteiger partial charge in [0.1, 0.15) is 0 Å². The number of amides is 1. The van der Waals surface area contributed by atoms with Crippen molar-refractivity contribution in [3.63, 3.8) is 0 Å². The van der Waals surface area contributed by atoms with Gasteiger partial charge in [0.15, 0.2) is 5.82 Å². The Labute approximate surface area is 174 Å². The number of rotatable bonds is 6. The molecule has 1 unspecified atom stereocenters. The number of nitrogens with zero attached hydrogens (tertiary/aromatic N) is 3. The van der Waals surface area contributed by atoms with Gasteiger partial charge in [-0.25, -0.2) is 0 Å². The fourth-order valence-corrected chi connectivity index (χ4v) is 5.00. The molecule has 0 spiro atoms. The Kier molecular flexibility index (Phi) is 6.34. The van der Waals surface area contributed by atoms with E-state index in [-0.39, 0.29) is 11.8 Å². The lowest BCUT2D eigenvalue weighted by Gasteiger charge is -2.31. The van der Waals surface area contributed by atoms with E-state index in [4.69, 9.17) is 0 Å². The maximum atomic E-state index is 13.0. The minimum atomic E-state index is 0.107. The van der Waals surface area contributed by atoms with E-state index >= 15 is 0 Å². The monoisotopic (exact) mass is 394 g/mol. The van der Waals surface area contributed by atoms with E-state index in [2.05, 4.69) is 70.2 Å². The first-order chi connectivity index (χ1) is 14.1. The number of fused-ring (bicyclic) bond motifs is 1. The summed E-state index contributed by atoms with van der Waals surface area (Å²) in [5, 5.41) is 7.80. The highest BCUT2D eigenvalue weighted by atomic mass is 16.2. The summed E-state index contributed by atoms with van der Waals surface area (Å²) in [6, 6.07) is 12.7. The summed E-state index contributed by atoms with van der Waals surface area (Å²) in [6.45, 7) is 8.14. The number of benzene rings is 1. The topological polar surface area (TPSA) is 50.2 Å². The lowest BCUT2D eigenvalue weighted by atomic mass is 9.75. The van der Waals surface area contributed by atoms with Crippen molar-refractivity contribution >= 4 is 11.7 Å². The second-order valence-corrected chi connectivity index (χ2v) is 8.96. The van der Waals surface area contributed by atoms with Crippen molar-refractivity contribution in [2.24, 2.45) is 17.8 Å².